The van der Waals surface area contributed by atoms with E-state index in [4.69, 9.17) is 34.3 Å². The van der Waals surface area contributed by atoms with E-state index in [0.717, 1.165) is 15.6 Å². The molecule has 0 spiro atoms. The van der Waals surface area contributed by atoms with Crippen molar-refractivity contribution in [3.8, 4) is 0 Å². The van der Waals surface area contributed by atoms with Crippen LogP contribution in [0.5, 0.6) is 0 Å². The monoisotopic (exact) mass is 311 g/mol. The quantitative estimate of drug-likeness (QED) is 0.661. The molecule has 0 saturated carbocycles. The fourth-order valence-corrected chi connectivity index (χ4v) is 2.94. The summed E-state index contributed by atoms with van der Waals surface area (Å²) in [6, 6.07) is 8.79. The Kier molecular flexibility index (Phi) is 4.34. The van der Waals surface area contributed by atoms with Crippen molar-refractivity contribution in [3.63, 3.8) is 0 Å². The fraction of sp³-hybridized carbons (Fsp3) is 0.0769. The number of nitrogens with zero attached hydrogens (tertiary/aromatic N) is 1. The Balaban J connectivity index is 2.38. The number of amidine groups is 1. The summed E-state index contributed by atoms with van der Waals surface area (Å²) in [5, 5.41) is 9.44. The van der Waals surface area contributed by atoms with Gasteiger partial charge in [0.05, 0.1) is 5.02 Å². The smallest absolute Gasteiger partial charge is 0.122 e. The Morgan fingerprint density at radius 3 is 2.68 bits per heavy atom. The molecule has 0 aliphatic carbocycles. The number of rotatable bonds is 3. The molecular weight excluding hydrogens is 301 g/mol. The second-order valence-corrected chi connectivity index (χ2v) is 5.83. The van der Waals surface area contributed by atoms with Gasteiger partial charge in [-0.15, -0.1) is 0 Å². The zero-order chi connectivity index (χ0) is 14.0. The lowest BCUT2D eigenvalue weighted by Crippen LogP contribution is -2.11. The summed E-state index contributed by atoms with van der Waals surface area (Å²) in [5.41, 5.74) is 6.94. The van der Waals surface area contributed by atoms with Crippen LogP contribution in [0.1, 0.15) is 11.3 Å². The second-order valence-electron chi connectivity index (χ2n) is 3.93. The third-order valence-corrected chi connectivity index (χ3v) is 4.00. The highest BCUT2D eigenvalue weighted by Gasteiger charge is 2.08. The minimum Gasteiger partial charge on any atom is -0.384 e. The number of nitrogen functional groups attached to an aromatic ring is 1. The van der Waals surface area contributed by atoms with Gasteiger partial charge in [-0.1, -0.05) is 35.0 Å². The third kappa shape index (κ3) is 3.62. The molecule has 0 bridgehead atoms. The number of nitrogens with one attached hydrogen (secondary N) is 1. The maximum Gasteiger partial charge on any atom is 0.122 e. The van der Waals surface area contributed by atoms with E-state index in [0.29, 0.717) is 15.6 Å². The summed E-state index contributed by atoms with van der Waals surface area (Å²) in [6.07, 6.45) is 0. The Bertz CT molecular complexity index is 644. The van der Waals surface area contributed by atoms with Gasteiger partial charge in [-0.05, 0) is 37.3 Å². The summed E-state index contributed by atoms with van der Waals surface area (Å²) in [5.74, 6) is 0.0181. The number of hydrogen-bond donors (Lipinski definition) is 2. The van der Waals surface area contributed by atoms with Gasteiger partial charge in [0.15, 0.2) is 0 Å². The van der Waals surface area contributed by atoms with Crippen LogP contribution in [-0.4, -0.2) is 10.8 Å². The lowest BCUT2D eigenvalue weighted by molar-refractivity contribution is 1.06. The van der Waals surface area contributed by atoms with Crippen LogP contribution in [0.25, 0.3) is 0 Å². The Morgan fingerprint density at radius 1 is 1.26 bits per heavy atom. The largest absolute Gasteiger partial charge is 0.384 e. The normalized spacial score (nSPS) is 10.5. The maximum absolute atomic E-state index is 7.48. The van der Waals surface area contributed by atoms with Gasteiger partial charge in [0.2, 0.25) is 0 Å². The third-order valence-electron chi connectivity index (χ3n) is 2.35. The van der Waals surface area contributed by atoms with Crippen LogP contribution in [0.4, 0.5) is 0 Å². The Morgan fingerprint density at radius 2 is 2.00 bits per heavy atom. The van der Waals surface area contributed by atoms with Crippen LogP contribution in [-0.2, 0) is 0 Å². The van der Waals surface area contributed by atoms with E-state index in [-0.39, 0.29) is 5.84 Å². The fourth-order valence-electron chi connectivity index (χ4n) is 1.51. The van der Waals surface area contributed by atoms with Crippen LogP contribution in [0.2, 0.25) is 10.0 Å². The number of aryl methyl sites for hydroxylation is 1. The van der Waals surface area contributed by atoms with Gasteiger partial charge in [0.1, 0.15) is 10.9 Å². The van der Waals surface area contributed by atoms with Crippen molar-refractivity contribution in [1.29, 1.82) is 5.41 Å². The SMILES string of the molecule is Cc1cc(C(=N)N)cc(Sc2cc(Cl)ccc2Cl)n1. The molecule has 0 atom stereocenters. The van der Waals surface area contributed by atoms with E-state index in [1.54, 1.807) is 30.3 Å². The first-order chi connectivity index (χ1) is 8.95. The lowest BCUT2D eigenvalue weighted by atomic mass is 10.2. The first kappa shape index (κ1) is 14.2. The van der Waals surface area contributed by atoms with Crippen LogP contribution >= 0.6 is 35.0 Å². The molecule has 6 heteroatoms. The van der Waals surface area contributed by atoms with Crippen molar-refractivity contribution in [3.05, 3.63) is 51.6 Å². The van der Waals surface area contributed by atoms with E-state index in [2.05, 4.69) is 4.98 Å². The van der Waals surface area contributed by atoms with Crippen molar-refractivity contribution < 1.29 is 0 Å². The number of aromatic nitrogens is 1. The van der Waals surface area contributed by atoms with E-state index in [1.165, 1.54) is 11.8 Å². The van der Waals surface area contributed by atoms with E-state index < -0.39 is 0 Å². The number of halogens is 2. The Hall–Kier alpha value is -1.23. The second kappa shape index (κ2) is 5.82. The molecule has 3 nitrogen and oxygen atoms in total. The molecule has 0 radical (unpaired) electrons. The topological polar surface area (TPSA) is 62.8 Å². The molecule has 2 aromatic rings. The van der Waals surface area contributed by atoms with Gasteiger partial charge >= 0.3 is 0 Å². The molecule has 3 N–H and O–H groups in total. The molecule has 19 heavy (non-hydrogen) atoms. The highest BCUT2D eigenvalue weighted by atomic mass is 35.5. The van der Waals surface area contributed by atoms with E-state index in [9.17, 15) is 0 Å². The summed E-state index contributed by atoms with van der Waals surface area (Å²) in [6.45, 7) is 1.86. The van der Waals surface area contributed by atoms with Crippen molar-refractivity contribution in [2.75, 3.05) is 0 Å². The summed E-state index contributed by atoms with van der Waals surface area (Å²) >= 11 is 13.5. The predicted molar refractivity (Wildman–Crippen MR) is 80.6 cm³/mol. The molecule has 0 saturated heterocycles. The molecule has 0 unspecified atom stereocenters. The van der Waals surface area contributed by atoms with Gasteiger partial charge < -0.3 is 5.73 Å². The van der Waals surface area contributed by atoms with Crippen LogP contribution < -0.4 is 5.73 Å². The van der Waals surface area contributed by atoms with Crippen molar-refractivity contribution >= 4 is 40.8 Å². The molecule has 0 amide bonds. The summed E-state index contributed by atoms with van der Waals surface area (Å²) < 4.78 is 0. The highest BCUT2D eigenvalue weighted by Crippen LogP contribution is 2.34. The molecule has 1 heterocycles. The van der Waals surface area contributed by atoms with Gasteiger partial charge in [-0.25, -0.2) is 4.98 Å². The van der Waals surface area contributed by atoms with Gasteiger partial charge in [-0.2, -0.15) is 0 Å². The average Bonchev–Trinajstić information content (AvgIpc) is 2.33. The van der Waals surface area contributed by atoms with Crippen LogP contribution in [0, 0.1) is 12.3 Å². The van der Waals surface area contributed by atoms with E-state index >= 15 is 0 Å². The molecule has 1 aromatic carbocycles. The number of nitrogens with two attached hydrogens (primary N) is 1. The minimum absolute atomic E-state index is 0.0181. The van der Waals surface area contributed by atoms with Gasteiger partial charge in [0.25, 0.3) is 0 Å². The first-order valence-electron chi connectivity index (χ1n) is 5.41. The summed E-state index contributed by atoms with van der Waals surface area (Å²) in [4.78, 5) is 5.21. The zero-order valence-electron chi connectivity index (χ0n) is 10.1. The predicted octanol–water partition coefficient (Wildman–Crippen LogP) is 4.13. The molecule has 1 aromatic heterocycles. The molecular formula is C13H11Cl2N3S. The molecule has 2 rings (SSSR count). The molecule has 0 fully saturated rings. The number of pyridine rings is 1. The minimum atomic E-state index is 0.0181. The maximum atomic E-state index is 7.48. The van der Waals surface area contributed by atoms with E-state index in [1.807, 2.05) is 6.92 Å². The number of hydrogen-bond acceptors (Lipinski definition) is 3. The number of benzene rings is 1. The first-order valence-corrected chi connectivity index (χ1v) is 6.99. The van der Waals surface area contributed by atoms with Gasteiger partial charge in [-0.3, -0.25) is 5.41 Å². The van der Waals surface area contributed by atoms with Crippen molar-refractivity contribution in [2.24, 2.45) is 5.73 Å². The summed E-state index contributed by atoms with van der Waals surface area (Å²) in [7, 11) is 0. The average molecular weight is 312 g/mol. The molecule has 0 aliphatic heterocycles. The molecule has 0 aliphatic rings. The van der Waals surface area contributed by atoms with Gasteiger partial charge in [0, 0.05) is 21.2 Å². The standard InChI is InChI=1S/C13H11Cl2N3S/c1-7-4-8(13(16)17)5-12(18-7)19-11-6-9(14)2-3-10(11)15/h2-6H,1H3,(H3,16,17). The van der Waals surface area contributed by atoms with Crippen molar-refractivity contribution in [2.45, 2.75) is 16.8 Å². The highest BCUT2D eigenvalue weighted by molar-refractivity contribution is 7.99. The van der Waals surface area contributed by atoms with Crippen LogP contribution in [0.15, 0.2) is 40.3 Å². The van der Waals surface area contributed by atoms with Crippen molar-refractivity contribution in [1.82, 2.24) is 4.98 Å². The molecule has 98 valence electrons. The lowest BCUT2D eigenvalue weighted by Gasteiger charge is -2.07. The zero-order valence-corrected chi connectivity index (χ0v) is 12.4. The Labute approximate surface area is 125 Å². The van der Waals surface area contributed by atoms with Crippen LogP contribution in [0.3, 0.4) is 0 Å².